The lowest BCUT2D eigenvalue weighted by Crippen LogP contribution is -2.24. The Bertz CT molecular complexity index is 1020. The molecule has 162 valence electrons. The summed E-state index contributed by atoms with van der Waals surface area (Å²) in [6.07, 6.45) is 0. The third-order valence-electron chi connectivity index (χ3n) is 4.00. The Balaban J connectivity index is 1.51. The predicted octanol–water partition coefficient (Wildman–Crippen LogP) is 4.03. The summed E-state index contributed by atoms with van der Waals surface area (Å²) in [4.78, 5) is 24.3. The van der Waals surface area contributed by atoms with Crippen LogP contribution in [0, 0.1) is 13.8 Å². The van der Waals surface area contributed by atoms with Crippen molar-refractivity contribution in [1.82, 2.24) is 10.3 Å². The van der Waals surface area contributed by atoms with E-state index in [1.807, 2.05) is 13.8 Å². The Morgan fingerprint density at radius 3 is 1.65 bits per heavy atom. The van der Waals surface area contributed by atoms with Gasteiger partial charge in [-0.15, -0.1) is 0 Å². The van der Waals surface area contributed by atoms with Crippen molar-refractivity contribution in [2.24, 2.45) is 0 Å². The highest BCUT2D eigenvalue weighted by molar-refractivity contribution is 6.31. The van der Waals surface area contributed by atoms with E-state index in [-0.39, 0.29) is 24.8 Å². The zero-order valence-corrected chi connectivity index (χ0v) is 18.1. The first-order valence-electron chi connectivity index (χ1n) is 9.02. The molecule has 0 radical (unpaired) electrons. The average Bonchev–Trinajstić information content (AvgIpc) is 3.13. The molecule has 3 rings (SSSR count). The molecule has 1 heterocycles. The summed E-state index contributed by atoms with van der Waals surface area (Å²) in [5.74, 6) is -0.126. The van der Waals surface area contributed by atoms with Gasteiger partial charge in [-0.1, -0.05) is 23.2 Å². The molecule has 0 unspecified atom stereocenters. The van der Waals surface area contributed by atoms with Gasteiger partial charge in [0.25, 0.3) is 11.8 Å². The fourth-order valence-corrected chi connectivity index (χ4v) is 2.98. The molecule has 0 aliphatic carbocycles. The number of carbonyl (C=O) groups is 2. The molecule has 2 aromatic carbocycles. The van der Waals surface area contributed by atoms with Crippen LogP contribution in [0.15, 0.2) is 41.0 Å². The maximum Gasteiger partial charge on any atom is 0.263 e. The average molecular weight is 465 g/mol. The van der Waals surface area contributed by atoms with Gasteiger partial charge in [0.05, 0.1) is 0 Å². The summed E-state index contributed by atoms with van der Waals surface area (Å²) in [5.41, 5.74) is 1.57. The maximum absolute atomic E-state index is 12.2. The third kappa shape index (κ3) is 6.34. The van der Waals surface area contributed by atoms with Crippen LogP contribution < -0.4 is 20.1 Å². The third-order valence-corrected chi connectivity index (χ3v) is 4.47. The van der Waals surface area contributed by atoms with Crippen LogP contribution in [0.2, 0.25) is 10.0 Å². The Labute approximate surface area is 187 Å². The molecular formula is C20H18Cl2N4O5. The van der Waals surface area contributed by atoms with E-state index in [0.717, 1.165) is 11.1 Å². The Morgan fingerprint density at radius 1 is 0.839 bits per heavy atom. The molecule has 0 saturated heterocycles. The lowest BCUT2D eigenvalue weighted by Gasteiger charge is -2.10. The van der Waals surface area contributed by atoms with Crippen LogP contribution in [-0.2, 0) is 9.59 Å². The molecule has 11 heteroatoms. The van der Waals surface area contributed by atoms with Crippen molar-refractivity contribution in [2.75, 3.05) is 23.8 Å². The van der Waals surface area contributed by atoms with Crippen molar-refractivity contribution in [3.63, 3.8) is 0 Å². The van der Waals surface area contributed by atoms with E-state index in [9.17, 15) is 9.59 Å². The molecule has 0 saturated carbocycles. The summed E-state index contributed by atoms with van der Waals surface area (Å²) in [7, 11) is 0. The zero-order chi connectivity index (χ0) is 22.4. The van der Waals surface area contributed by atoms with Crippen molar-refractivity contribution >= 4 is 46.7 Å². The number of carbonyl (C=O) groups excluding carboxylic acids is 2. The van der Waals surface area contributed by atoms with Gasteiger partial charge < -0.3 is 20.1 Å². The minimum Gasteiger partial charge on any atom is -0.483 e. The fourth-order valence-electron chi connectivity index (χ4n) is 2.52. The molecule has 9 nitrogen and oxygen atoms in total. The summed E-state index contributed by atoms with van der Waals surface area (Å²) in [5, 5.41) is 13.2. The number of aromatic nitrogens is 2. The number of nitrogens with one attached hydrogen (secondary N) is 2. The van der Waals surface area contributed by atoms with E-state index < -0.39 is 11.8 Å². The largest absolute Gasteiger partial charge is 0.483 e. The number of anilines is 2. The molecule has 2 N–H and O–H groups in total. The lowest BCUT2D eigenvalue weighted by atomic mass is 10.2. The SMILES string of the molecule is Cc1cc(Cl)ccc1OCC(=O)Nc1nonc1NC(=O)COc1ccc(Cl)cc1C. The second kappa shape index (κ2) is 10.1. The number of aryl methyl sites for hydroxylation is 2. The van der Waals surface area contributed by atoms with Crippen LogP contribution in [0.1, 0.15) is 11.1 Å². The van der Waals surface area contributed by atoms with Gasteiger partial charge in [-0.05, 0) is 71.7 Å². The topological polar surface area (TPSA) is 116 Å². The molecule has 31 heavy (non-hydrogen) atoms. The first-order valence-corrected chi connectivity index (χ1v) is 9.77. The van der Waals surface area contributed by atoms with E-state index in [1.54, 1.807) is 36.4 Å². The van der Waals surface area contributed by atoms with Gasteiger partial charge in [-0.2, -0.15) is 0 Å². The number of ether oxygens (including phenoxy) is 2. The van der Waals surface area contributed by atoms with E-state index in [0.29, 0.717) is 21.5 Å². The summed E-state index contributed by atoms with van der Waals surface area (Å²) >= 11 is 11.8. The number of rotatable bonds is 8. The van der Waals surface area contributed by atoms with Gasteiger partial charge >= 0.3 is 0 Å². The first-order chi connectivity index (χ1) is 14.8. The van der Waals surface area contributed by atoms with Crippen molar-refractivity contribution in [3.05, 3.63) is 57.6 Å². The van der Waals surface area contributed by atoms with E-state index in [4.69, 9.17) is 32.7 Å². The van der Waals surface area contributed by atoms with Crippen molar-refractivity contribution < 1.29 is 23.7 Å². The highest BCUT2D eigenvalue weighted by atomic mass is 35.5. The number of amides is 2. The number of halogens is 2. The highest BCUT2D eigenvalue weighted by Gasteiger charge is 2.17. The molecular weight excluding hydrogens is 447 g/mol. The lowest BCUT2D eigenvalue weighted by molar-refractivity contribution is -0.119. The second-order valence-corrected chi connectivity index (χ2v) is 7.33. The molecule has 0 spiro atoms. The van der Waals surface area contributed by atoms with Crippen LogP contribution in [0.3, 0.4) is 0 Å². The molecule has 0 aliphatic rings. The highest BCUT2D eigenvalue weighted by Crippen LogP contribution is 2.23. The van der Waals surface area contributed by atoms with Crippen LogP contribution in [0.25, 0.3) is 0 Å². The molecule has 0 bridgehead atoms. The first kappa shape index (κ1) is 22.4. The maximum atomic E-state index is 12.2. The second-order valence-electron chi connectivity index (χ2n) is 6.45. The molecule has 0 atom stereocenters. The van der Waals surface area contributed by atoms with Crippen LogP contribution >= 0.6 is 23.2 Å². The molecule has 2 amide bonds. The van der Waals surface area contributed by atoms with Gasteiger partial charge in [-0.3, -0.25) is 9.59 Å². The van der Waals surface area contributed by atoms with Crippen molar-refractivity contribution in [1.29, 1.82) is 0 Å². The molecule has 1 aromatic heterocycles. The number of hydrogen-bond donors (Lipinski definition) is 2. The molecule has 0 fully saturated rings. The number of nitrogens with zero attached hydrogens (tertiary/aromatic N) is 2. The smallest absolute Gasteiger partial charge is 0.263 e. The van der Waals surface area contributed by atoms with Crippen LogP contribution in [0.4, 0.5) is 11.6 Å². The Hall–Kier alpha value is -3.30. The van der Waals surface area contributed by atoms with Crippen molar-refractivity contribution in [3.8, 4) is 11.5 Å². The van der Waals surface area contributed by atoms with Gasteiger partial charge in [0.2, 0.25) is 11.6 Å². The zero-order valence-electron chi connectivity index (χ0n) is 16.6. The van der Waals surface area contributed by atoms with Crippen molar-refractivity contribution in [2.45, 2.75) is 13.8 Å². The molecule has 3 aromatic rings. The van der Waals surface area contributed by atoms with E-state index in [2.05, 4.69) is 25.6 Å². The van der Waals surface area contributed by atoms with Crippen LogP contribution in [0.5, 0.6) is 11.5 Å². The Morgan fingerprint density at radius 2 is 1.26 bits per heavy atom. The van der Waals surface area contributed by atoms with Gasteiger partial charge in [0.15, 0.2) is 13.2 Å². The van der Waals surface area contributed by atoms with Gasteiger partial charge in [0.1, 0.15) is 11.5 Å². The van der Waals surface area contributed by atoms with Crippen LogP contribution in [-0.4, -0.2) is 35.3 Å². The van der Waals surface area contributed by atoms with E-state index >= 15 is 0 Å². The minimum atomic E-state index is -0.520. The Kier molecular flexibility index (Phi) is 7.32. The summed E-state index contributed by atoms with van der Waals surface area (Å²) in [6.45, 7) is 3.03. The fraction of sp³-hybridized carbons (Fsp3) is 0.200. The molecule has 0 aliphatic heterocycles. The normalized spacial score (nSPS) is 10.5. The number of benzene rings is 2. The van der Waals surface area contributed by atoms with E-state index in [1.165, 1.54) is 0 Å². The monoisotopic (exact) mass is 464 g/mol. The minimum absolute atomic E-state index is 0.0579. The van der Waals surface area contributed by atoms with Gasteiger partial charge in [0, 0.05) is 10.0 Å². The summed E-state index contributed by atoms with van der Waals surface area (Å²) < 4.78 is 15.5. The standard InChI is InChI=1S/C20H18Cl2N4O5/c1-11-7-13(21)3-5-15(11)29-9-17(27)23-19-20(26-31-25-19)24-18(28)10-30-16-6-4-14(22)8-12(16)2/h3-8H,9-10H2,1-2H3,(H,23,25,27)(H,24,26,28). The quantitative estimate of drug-likeness (QED) is 0.516. The number of hydrogen-bond acceptors (Lipinski definition) is 7. The van der Waals surface area contributed by atoms with Gasteiger partial charge in [-0.25, -0.2) is 4.63 Å². The predicted molar refractivity (Wildman–Crippen MR) is 115 cm³/mol. The summed E-state index contributed by atoms with van der Waals surface area (Å²) in [6, 6.07) is 10.1.